The Bertz CT molecular complexity index is 426. The van der Waals surface area contributed by atoms with E-state index in [9.17, 15) is 4.21 Å². The van der Waals surface area contributed by atoms with Crippen molar-refractivity contribution in [3.63, 3.8) is 0 Å². The summed E-state index contributed by atoms with van der Waals surface area (Å²) in [5.74, 6) is 0. The molecule has 1 fully saturated rings. The SMILES string of the molecule is Cl.N#Cc1ccnc([S@](=O)[C@H]2CCNC2)c1. The standard InChI is InChI=1S/C10H11N3OS.ClH/c11-6-8-1-4-13-10(5-8)15(14)9-2-3-12-7-9;/h1,4-5,9,12H,2-3,7H2;1H/t9-,15+;/m0./s1. The molecule has 0 aliphatic carbocycles. The molecule has 0 spiro atoms. The minimum Gasteiger partial charge on any atom is -0.315 e. The first-order valence-corrected chi connectivity index (χ1v) is 6.00. The van der Waals surface area contributed by atoms with Gasteiger partial charge in [-0.1, -0.05) is 0 Å². The van der Waals surface area contributed by atoms with Gasteiger partial charge >= 0.3 is 0 Å². The molecular formula is C10H12ClN3OS. The normalized spacial score (nSPS) is 20.8. The fourth-order valence-electron chi connectivity index (χ4n) is 1.57. The number of hydrogen-bond donors (Lipinski definition) is 1. The molecule has 2 rings (SSSR count). The van der Waals surface area contributed by atoms with Gasteiger partial charge in [0.2, 0.25) is 0 Å². The van der Waals surface area contributed by atoms with E-state index in [2.05, 4.69) is 10.3 Å². The average Bonchev–Trinajstić information content (AvgIpc) is 2.81. The Kier molecular flexibility index (Phi) is 4.87. The lowest BCUT2D eigenvalue weighted by Crippen LogP contribution is -2.19. The summed E-state index contributed by atoms with van der Waals surface area (Å²) in [6.45, 7) is 1.68. The van der Waals surface area contributed by atoms with Crippen LogP contribution in [-0.2, 0) is 10.8 Å². The van der Waals surface area contributed by atoms with Crippen molar-refractivity contribution >= 4 is 23.2 Å². The van der Waals surface area contributed by atoms with E-state index in [0.29, 0.717) is 10.6 Å². The zero-order valence-corrected chi connectivity index (χ0v) is 10.2. The van der Waals surface area contributed by atoms with Crippen LogP contribution in [0.1, 0.15) is 12.0 Å². The van der Waals surface area contributed by atoms with Gasteiger partial charge in [0.1, 0.15) is 5.03 Å². The van der Waals surface area contributed by atoms with E-state index in [4.69, 9.17) is 5.26 Å². The Hall–Kier alpha value is -0.960. The van der Waals surface area contributed by atoms with Gasteiger partial charge < -0.3 is 5.32 Å². The number of aromatic nitrogens is 1. The van der Waals surface area contributed by atoms with Gasteiger partial charge in [0, 0.05) is 12.7 Å². The average molecular weight is 258 g/mol. The summed E-state index contributed by atoms with van der Waals surface area (Å²) in [4.78, 5) is 4.05. The highest BCUT2D eigenvalue weighted by Crippen LogP contribution is 2.14. The third-order valence-corrected chi connectivity index (χ3v) is 4.03. The van der Waals surface area contributed by atoms with E-state index in [1.807, 2.05) is 6.07 Å². The van der Waals surface area contributed by atoms with Crippen molar-refractivity contribution in [1.29, 1.82) is 5.26 Å². The van der Waals surface area contributed by atoms with Crippen LogP contribution in [0, 0.1) is 11.3 Å². The van der Waals surface area contributed by atoms with E-state index in [1.54, 1.807) is 12.1 Å². The predicted octanol–water partition coefficient (Wildman–Crippen LogP) is 0.845. The van der Waals surface area contributed by atoms with Gasteiger partial charge in [-0.25, -0.2) is 4.98 Å². The quantitative estimate of drug-likeness (QED) is 0.853. The molecule has 0 radical (unpaired) electrons. The maximum atomic E-state index is 12.0. The summed E-state index contributed by atoms with van der Waals surface area (Å²) in [7, 11) is -1.10. The van der Waals surface area contributed by atoms with Gasteiger partial charge in [0.25, 0.3) is 0 Å². The lowest BCUT2D eigenvalue weighted by atomic mass is 10.3. The fourth-order valence-corrected chi connectivity index (χ4v) is 2.92. The van der Waals surface area contributed by atoms with E-state index >= 15 is 0 Å². The lowest BCUT2D eigenvalue weighted by molar-refractivity contribution is 0.669. The molecule has 0 aromatic carbocycles. The summed E-state index contributed by atoms with van der Waals surface area (Å²) in [6.07, 6.45) is 2.44. The smallest absolute Gasteiger partial charge is 0.128 e. The molecule has 0 amide bonds. The largest absolute Gasteiger partial charge is 0.315 e. The lowest BCUT2D eigenvalue weighted by Gasteiger charge is -2.07. The van der Waals surface area contributed by atoms with Crippen molar-refractivity contribution in [2.75, 3.05) is 13.1 Å². The summed E-state index contributed by atoms with van der Waals surface area (Å²) >= 11 is 0. The van der Waals surface area contributed by atoms with Gasteiger partial charge in [-0.15, -0.1) is 12.4 Å². The molecule has 1 N–H and O–H groups in total. The molecule has 1 aliphatic heterocycles. The van der Waals surface area contributed by atoms with Crippen molar-refractivity contribution in [3.8, 4) is 6.07 Å². The van der Waals surface area contributed by atoms with Gasteiger partial charge in [0.15, 0.2) is 0 Å². The first-order valence-electron chi connectivity index (χ1n) is 4.78. The molecule has 2 heterocycles. The number of nitrogens with one attached hydrogen (secondary N) is 1. The van der Waals surface area contributed by atoms with Crippen molar-refractivity contribution in [1.82, 2.24) is 10.3 Å². The molecule has 0 saturated carbocycles. The summed E-state index contributed by atoms with van der Waals surface area (Å²) in [5, 5.41) is 12.5. The van der Waals surface area contributed by atoms with E-state index in [1.165, 1.54) is 6.20 Å². The third-order valence-electron chi connectivity index (χ3n) is 2.39. The number of nitriles is 1. The van der Waals surface area contributed by atoms with Crippen molar-refractivity contribution < 1.29 is 4.21 Å². The molecule has 6 heteroatoms. The molecule has 4 nitrogen and oxygen atoms in total. The monoisotopic (exact) mass is 257 g/mol. The highest BCUT2D eigenvalue weighted by atomic mass is 35.5. The predicted molar refractivity (Wildman–Crippen MR) is 63.9 cm³/mol. The summed E-state index contributed by atoms with van der Waals surface area (Å²) in [5.41, 5.74) is 0.513. The second-order valence-electron chi connectivity index (χ2n) is 3.41. The molecule has 1 aliphatic rings. The Labute approximate surface area is 103 Å². The van der Waals surface area contributed by atoms with Gasteiger partial charge in [0.05, 0.1) is 27.7 Å². The van der Waals surface area contributed by atoms with Crippen molar-refractivity contribution in [3.05, 3.63) is 23.9 Å². The van der Waals surface area contributed by atoms with Crippen LogP contribution in [0.3, 0.4) is 0 Å². The van der Waals surface area contributed by atoms with E-state index in [0.717, 1.165) is 19.5 Å². The molecule has 0 bridgehead atoms. The third kappa shape index (κ3) is 2.79. The van der Waals surface area contributed by atoms with Crippen LogP contribution in [0.2, 0.25) is 0 Å². The fraction of sp³-hybridized carbons (Fsp3) is 0.400. The minimum absolute atomic E-state index is 0. The van der Waals surface area contributed by atoms with Crippen molar-refractivity contribution in [2.24, 2.45) is 0 Å². The number of halogens is 1. The number of nitrogens with zero attached hydrogens (tertiary/aromatic N) is 2. The highest BCUT2D eigenvalue weighted by Gasteiger charge is 2.23. The summed E-state index contributed by atoms with van der Waals surface area (Å²) < 4.78 is 12.0. The maximum absolute atomic E-state index is 12.0. The first kappa shape index (κ1) is 13.1. The van der Waals surface area contributed by atoms with Crippen LogP contribution >= 0.6 is 12.4 Å². The molecule has 1 aromatic heterocycles. The zero-order chi connectivity index (χ0) is 10.7. The van der Waals surface area contributed by atoms with E-state index in [-0.39, 0.29) is 17.7 Å². The molecule has 1 aromatic rings. The topological polar surface area (TPSA) is 65.8 Å². The number of pyridine rings is 1. The molecule has 0 unspecified atom stereocenters. The molecule has 1 saturated heterocycles. The van der Waals surface area contributed by atoms with Gasteiger partial charge in [-0.05, 0) is 25.1 Å². The molecular weight excluding hydrogens is 246 g/mol. The molecule has 2 atom stereocenters. The van der Waals surface area contributed by atoms with Crippen LogP contribution < -0.4 is 5.32 Å². The van der Waals surface area contributed by atoms with E-state index < -0.39 is 10.8 Å². The Morgan fingerprint density at radius 1 is 1.62 bits per heavy atom. The molecule has 86 valence electrons. The van der Waals surface area contributed by atoms with Crippen LogP contribution in [-0.4, -0.2) is 27.5 Å². The van der Waals surface area contributed by atoms with Gasteiger partial charge in [-0.3, -0.25) is 4.21 Å². The second kappa shape index (κ2) is 5.94. The van der Waals surface area contributed by atoms with Crippen LogP contribution in [0.25, 0.3) is 0 Å². The van der Waals surface area contributed by atoms with Crippen LogP contribution in [0.15, 0.2) is 23.4 Å². The minimum atomic E-state index is -1.10. The second-order valence-corrected chi connectivity index (χ2v) is 5.09. The highest BCUT2D eigenvalue weighted by molar-refractivity contribution is 7.85. The van der Waals surface area contributed by atoms with Crippen molar-refractivity contribution in [2.45, 2.75) is 16.7 Å². The number of rotatable bonds is 2. The summed E-state index contributed by atoms with van der Waals surface area (Å²) in [6, 6.07) is 5.25. The maximum Gasteiger partial charge on any atom is 0.128 e. The zero-order valence-electron chi connectivity index (χ0n) is 8.55. The molecule has 16 heavy (non-hydrogen) atoms. The Morgan fingerprint density at radius 2 is 2.44 bits per heavy atom. The Balaban J connectivity index is 0.00000128. The first-order chi connectivity index (χ1) is 7.31. The van der Waals surface area contributed by atoms with Crippen LogP contribution in [0.4, 0.5) is 0 Å². The van der Waals surface area contributed by atoms with Gasteiger partial charge in [-0.2, -0.15) is 5.26 Å². The van der Waals surface area contributed by atoms with Crippen LogP contribution in [0.5, 0.6) is 0 Å². The Morgan fingerprint density at radius 3 is 3.06 bits per heavy atom. The number of hydrogen-bond acceptors (Lipinski definition) is 4.